The Balaban J connectivity index is 1.53. The third-order valence-corrected chi connectivity index (χ3v) is 5.29. The summed E-state index contributed by atoms with van der Waals surface area (Å²) in [6, 6.07) is 23.5. The Labute approximate surface area is 156 Å². The first-order chi connectivity index (χ1) is 12.7. The predicted molar refractivity (Wildman–Crippen MR) is 106 cm³/mol. The van der Waals surface area contributed by atoms with Crippen molar-refractivity contribution in [2.45, 2.75) is 16.7 Å². The molecule has 0 bridgehead atoms. The van der Waals surface area contributed by atoms with Gasteiger partial charge in [0.2, 0.25) is 0 Å². The Morgan fingerprint density at radius 2 is 1.62 bits per heavy atom. The van der Waals surface area contributed by atoms with E-state index in [4.69, 9.17) is 0 Å². The molecule has 0 saturated heterocycles. The monoisotopic (exact) mass is 359 g/mol. The molecular weight excluding hydrogens is 342 g/mol. The quantitative estimate of drug-likeness (QED) is 0.398. The van der Waals surface area contributed by atoms with Gasteiger partial charge in [-0.25, -0.2) is 5.43 Å². The van der Waals surface area contributed by atoms with Crippen molar-refractivity contribution >= 4 is 34.8 Å². The van der Waals surface area contributed by atoms with Crippen LogP contribution in [0.2, 0.25) is 0 Å². The maximum Gasteiger partial charge on any atom is 0.271 e. The molecule has 0 unspecified atom stereocenters. The zero-order valence-corrected chi connectivity index (χ0v) is 15.0. The SMILES string of the molecule is CC(=NNC(=O)c1ccccc1)c1ccc2c(c1)Nc1ccccc1S2. The van der Waals surface area contributed by atoms with Crippen molar-refractivity contribution in [3.8, 4) is 0 Å². The maximum absolute atomic E-state index is 12.1. The van der Waals surface area contributed by atoms with Gasteiger partial charge in [0.15, 0.2) is 0 Å². The van der Waals surface area contributed by atoms with Crippen LogP contribution in [0.4, 0.5) is 11.4 Å². The first kappa shape index (κ1) is 16.4. The van der Waals surface area contributed by atoms with Crippen LogP contribution in [0.15, 0.2) is 87.7 Å². The summed E-state index contributed by atoms with van der Waals surface area (Å²) in [5.74, 6) is -0.217. The normalized spacial score (nSPS) is 12.6. The number of para-hydroxylation sites is 1. The van der Waals surface area contributed by atoms with Gasteiger partial charge in [-0.2, -0.15) is 5.10 Å². The van der Waals surface area contributed by atoms with Crippen LogP contribution in [-0.4, -0.2) is 11.6 Å². The Bertz CT molecular complexity index is 999. The van der Waals surface area contributed by atoms with Crippen molar-refractivity contribution in [1.82, 2.24) is 5.43 Å². The minimum absolute atomic E-state index is 0.217. The minimum atomic E-state index is -0.217. The fourth-order valence-corrected chi connectivity index (χ4v) is 3.69. The van der Waals surface area contributed by atoms with Crippen LogP contribution < -0.4 is 10.7 Å². The maximum atomic E-state index is 12.1. The van der Waals surface area contributed by atoms with Crippen molar-refractivity contribution in [2.75, 3.05) is 5.32 Å². The molecule has 26 heavy (non-hydrogen) atoms. The molecule has 3 aromatic rings. The number of amides is 1. The van der Waals surface area contributed by atoms with Gasteiger partial charge in [-0.1, -0.05) is 48.2 Å². The lowest BCUT2D eigenvalue weighted by atomic mass is 10.1. The molecule has 4 rings (SSSR count). The summed E-state index contributed by atoms with van der Waals surface area (Å²) in [7, 11) is 0. The topological polar surface area (TPSA) is 53.5 Å². The van der Waals surface area contributed by atoms with E-state index in [9.17, 15) is 4.79 Å². The summed E-state index contributed by atoms with van der Waals surface area (Å²) in [4.78, 5) is 14.5. The highest BCUT2D eigenvalue weighted by Crippen LogP contribution is 2.44. The third kappa shape index (κ3) is 3.34. The Morgan fingerprint density at radius 1 is 0.885 bits per heavy atom. The van der Waals surface area contributed by atoms with Gasteiger partial charge in [-0.15, -0.1) is 0 Å². The number of hydrazone groups is 1. The summed E-state index contributed by atoms with van der Waals surface area (Å²) in [6.07, 6.45) is 0. The fraction of sp³-hybridized carbons (Fsp3) is 0.0476. The van der Waals surface area contributed by atoms with Crippen molar-refractivity contribution in [2.24, 2.45) is 5.10 Å². The molecule has 1 aliphatic heterocycles. The van der Waals surface area contributed by atoms with Gasteiger partial charge in [0.1, 0.15) is 0 Å². The molecule has 0 fully saturated rings. The standard InChI is InChI=1S/C21H17N3OS/c1-14(23-24-21(25)15-7-3-2-4-8-15)16-11-12-20-18(13-16)22-17-9-5-6-10-19(17)26-20/h2-13,22H,1H3,(H,24,25). The van der Waals surface area contributed by atoms with E-state index in [1.54, 1.807) is 23.9 Å². The van der Waals surface area contributed by atoms with E-state index in [-0.39, 0.29) is 5.91 Å². The molecule has 3 aromatic carbocycles. The van der Waals surface area contributed by atoms with Crippen molar-refractivity contribution in [3.05, 3.63) is 83.9 Å². The molecule has 5 heteroatoms. The van der Waals surface area contributed by atoms with Gasteiger partial charge < -0.3 is 5.32 Å². The molecule has 0 aliphatic carbocycles. The van der Waals surface area contributed by atoms with E-state index in [1.165, 1.54) is 9.79 Å². The lowest BCUT2D eigenvalue weighted by molar-refractivity contribution is 0.0955. The summed E-state index contributed by atoms with van der Waals surface area (Å²) in [6.45, 7) is 1.89. The zero-order valence-electron chi connectivity index (χ0n) is 14.2. The van der Waals surface area contributed by atoms with Crippen LogP contribution in [0.5, 0.6) is 0 Å². The molecule has 0 aromatic heterocycles. The number of anilines is 2. The van der Waals surface area contributed by atoms with E-state index in [1.807, 2.05) is 43.3 Å². The number of hydrogen-bond donors (Lipinski definition) is 2. The van der Waals surface area contributed by atoms with Gasteiger partial charge in [-0.3, -0.25) is 4.79 Å². The van der Waals surface area contributed by atoms with Gasteiger partial charge in [-0.05, 0) is 48.9 Å². The second-order valence-electron chi connectivity index (χ2n) is 5.94. The number of rotatable bonds is 3. The van der Waals surface area contributed by atoms with E-state index in [0.717, 1.165) is 22.6 Å². The molecule has 1 amide bonds. The smallest absolute Gasteiger partial charge is 0.271 e. The first-order valence-electron chi connectivity index (χ1n) is 8.29. The van der Waals surface area contributed by atoms with E-state index in [2.05, 4.69) is 40.1 Å². The van der Waals surface area contributed by atoms with Crippen LogP contribution in [0.25, 0.3) is 0 Å². The highest BCUT2D eigenvalue weighted by Gasteiger charge is 2.16. The number of carbonyl (C=O) groups is 1. The molecule has 1 aliphatic rings. The van der Waals surface area contributed by atoms with Gasteiger partial charge in [0, 0.05) is 15.4 Å². The molecule has 0 spiro atoms. The second-order valence-corrected chi connectivity index (χ2v) is 7.02. The highest BCUT2D eigenvalue weighted by molar-refractivity contribution is 7.99. The average molecular weight is 359 g/mol. The lowest BCUT2D eigenvalue weighted by Gasteiger charge is -2.21. The van der Waals surface area contributed by atoms with Gasteiger partial charge >= 0.3 is 0 Å². The lowest BCUT2D eigenvalue weighted by Crippen LogP contribution is -2.19. The molecule has 128 valence electrons. The number of hydrogen-bond acceptors (Lipinski definition) is 4. The summed E-state index contributed by atoms with van der Waals surface area (Å²) in [5, 5.41) is 7.71. The van der Waals surface area contributed by atoms with Crippen LogP contribution in [-0.2, 0) is 0 Å². The number of nitrogens with zero attached hydrogens (tertiary/aromatic N) is 1. The fourth-order valence-electron chi connectivity index (χ4n) is 2.72. The average Bonchev–Trinajstić information content (AvgIpc) is 2.70. The predicted octanol–water partition coefficient (Wildman–Crippen LogP) is 5.05. The molecule has 0 atom stereocenters. The second kappa shape index (κ2) is 7.06. The summed E-state index contributed by atoms with van der Waals surface area (Å²) in [5.41, 5.74) is 7.08. The van der Waals surface area contributed by atoms with Gasteiger partial charge in [0.25, 0.3) is 5.91 Å². The molecule has 0 radical (unpaired) electrons. The number of carbonyl (C=O) groups excluding carboxylic acids is 1. The van der Waals surface area contributed by atoms with E-state index >= 15 is 0 Å². The molecule has 1 heterocycles. The van der Waals surface area contributed by atoms with Crippen molar-refractivity contribution < 1.29 is 4.79 Å². The molecule has 0 saturated carbocycles. The first-order valence-corrected chi connectivity index (χ1v) is 9.10. The number of benzene rings is 3. The Hall–Kier alpha value is -3.05. The largest absolute Gasteiger partial charge is 0.354 e. The highest BCUT2D eigenvalue weighted by atomic mass is 32.2. The molecular formula is C21H17N3OS. The van der Waals surface area contributed by atoms with Crippen LogP contribution in [0, 0.1) is 0 Å². The number of fused-ring (bicyclic) bond motifs is 2. The molecule has 4 nitrogen and oxygen atoms in total. The molecule has 2 N–H and O–H groups in total. The van der Waals surface area contributed by atoms with E-state index < -0.39 is 0 Å². The van der Waals surface area contributed by atoms with E-state index in [0.29, 0.717) is 5.56 Å². The summed E-state index contributed by atoms with van der Waals surface area (Å²) >= 11 is 1.75. The Kier molecular flexibility index (Phi) is 4.46. The van der Waals surface area contributed by atoms with Crippen molar-refractivity contribution in [1.29, 1.82) is 0 Å². The van der Waals surface area contributed by atoms with Crippen molar-refractivity contribution in [3.63, 3.8) is 0 Å². The zero-order chi connectivity index (χ0) is 17.9. The van der Waals surface area contributed by atoms with Crippen LogP contribution in [0.3, 0.4) is 0 Å². The third-order valence-electron chi connectivity index (χ3n) is 4.13. The van der Waals surface area contributed by atoms with Gasteiger partial charge in [0.05, 0.1) is 17.1 Å². The number of nitrogens with one attached hydrogen (secondary N) is 2. The minimum Gasteiger partial charge on any atom is -0.354 e. The van der Waals surface area contributed by atoms with Crippen LogP contribution >= 0.6 is 11.8 Å². The van der Waals surface area contributed by atoms with Crippen LogP contribution in [0.1, 0.15) is 22.8 Å². The Morgan fingerprint density at radius 3 is 2.46 bits per heavy atom. The summed E-state index contributed by atoms with van der Waals surface area (Å²) < 4.78 is 0.